The Hall–Kier alpha value is -2.57. The Morgan fingerprint density at radius 3 is 2.65 bits per heavy atom. The summed E-state index contributed by atoms with van der Waals surface area (Å²) in [4.78, 5) is 27.2. The first-order valence-electron chi connectivity index (χ1n) is 7.78. The van der Waals surface area contributed by atoms with Crippen molar-refractivity contribution >= 4 is 46.4 Å². The lowest BCUT2D eigenvalue weighted by Crippen LogP contribution is -2.23. The van der Waals surface area contributed by atoms with Crippen LogP contribution in [-0.2, 0) is 16.2 Å². The van der Waals surface area contributed by atoms with Crippen molar-refractivity contribution in [3.05, 3.63) is 69.6 Å². The Kier molecular flexibility index (Phi) is 5.75. The average molecular weight is 387 g/mol. The number of amides is 2. The van der Waals surface area contributed by atoms with Gasteiger partial charge in [0.1, 0.15) is 12.4 Å². The summed E-state index contributed by atoms with van der Waals surface area (Å²) in [6.07, 6.45) is 1.73. The van der Waals surface area contributed by atoms with Crippen LogP contribution in [0.5, 0.6) is 5.75 Å². The lowest BCUT2D eigenvalue weighted by Gasteiger charge is -2.08. The minimum atomic E-state index is -0.363. The summed E-state index contributed by atoms with van der Waals surface area (Å²) in [7, 11) is 0. The van der Waals surface area contributed by atoms with Crippen molar-refractivity contribution in [3.63, 3.8) is 0 Å². The molecule has 1 aliphatic heterocycles. The fourth-order valence-electron chi connectivity index (χ4n) is 2.20. The monoisotopic (exact) mass is 386 g/mol. The van der Waals surface area contributed by atoms with Gasteiger partial charge in [0.05, 0.1) is 4.91 Å². The predicted molar refractivity (Wildman–Crippen MR) is 104 cm³/mol. The van der Waals surface area contributed by atoms with E-state index < -0.39 is 0 Å². The molecule has 1 aliphatic rings. The molecule has 0 atom stereocenters. The van der Waals surface area contributed by atoms with Gasteiger partial charge >= 0.3 is 0 Å². The second-order valence-electron chi connectivity index (χ2n) is 5.46. The van der Waals surface area contributed by atoms with E-state index in [1.165, 1.54) is 6.92 Å². The van der Waals surface area contributed by atoms with Gasteiger partial charge in [-0.3, -0.25) is 9.59 Å². The van der Waals surface area contributed by atoms with Crippen LogP contribution in [-0.4, -0.2) is 17.0 Å². The molecule has 0 saturated heterocycles. The topological polar surface area (TPSA) is 67.8 Å². The maximum Gasteiger partial charge on any atom is 0.286 e. The summed E-state index contributed by atoms with van der Waals surface area (Å²) in [5.74, 6) is 0.0794. The summed E-state index contributed by atoms with van der Waals surface area (Å²) in [5.41, 5.74) is 1.75. The first-order valence-corrected chi connectivity index (χ1v) is 8.97. The van der Waals surface area contributed by atoms with Gasteiger partial charge in [-0.25, -0.2) is 0 Å². The van der Waals surface area contributed by atoms with E-state index in [2.05, 4.69) is 10.3 Å². The molecule has 0 spiro atoms. The number of thioether (sulfide) groups is 1. The number of carbonyl (C=O) groups excluding carboxylic acids is 2. The van der Waals surface area contributed by atoms with Crippen molar-refractivity contribution in [1.29, 1.82) is 0 Å². The van der Waals surface area contributed by atoms with Crippen LogP contribution in [0, 0.1) is 0 Å². The number of benzene rings is 2. The van der Waals surface area contributed by atoms with E-state index in [9.17, 15) is 9.59 Å². The van der Waals surface area contributed by atoms with Crippen LogP contribution in [0.1, 0.15) is 18.1 Å². The quantitative estimate of drug-likeness (QED) is 0.805. The Morgan fingerprint density at radius 2 is 1.96 bits per heavy atom. The molecule has 0 aromatic heterocycles. The first kappa shape index (κ1) is 18.2. The van der Waals surface area contributed by atoms with E-state index in [-0.39, 0.29) is 11.8 Å². The Bertz CT molecular complexity index is 907. The van der Waals surface area contributed by atoms with Gasteiger partial charge in [0.2, 0.25) is 5.91 Å². The van der Waals surface area contributed by atoms with Crippen molar-refractivity contribution in [3.8, 4) is 5.75 Å². The molecular formula is C19H15ClN2O3S. The number of rotatable bonds is 4. The van der Waals surface area contributed by atoms with E-state index in [0.29, 0.717) is 27.5 Å². The number of carbonyl (C=O) groups is 2. The number of halogens is 1. The smallest absolute Gasteiger partial charge is 0.286 e. The molecule has 0 unspecified atom stereocenters. The summed E-state index contributed by atoms with van der Waals surface area (Å²) in [5, 5.41) is 3.48. The molecule has 26 heavy (non-hydrogen) atoms. The van der Waals surface area contributed by atoms with Gasteiger partial charge < -0.3 is 10.1 Å². The summed E-state index contributed by atoms with van der Waals surface area (Å²) in [6.45, 7) is 1.75. The Morgan fingerprint density at radius 1 is 1.23 bits per heavy atom. The van der Waals surface area contributed by atoms with Crippen molar-refractivity contribution in [2.75, 3.05) is 0 Å². The van der Waals surface area contributed by atoms with Crippen molar-refractivity contribution in [2.24, 2.45) is 4.99 Å². The zero-order valence-electron chi connectivity index (χ0n) is 13.9. The van der Waals surface area contributed by atoms with E-state index in [1.54, 1.807) is 6.08 Å². The highest BCUT2D eigenvalue weighted by Crippen LogP contribution is 2.28. The van der Waals surface area contributed by atoms with Crippen LogP contribution in [0.25, 0.3) is 6.08 Å². The minimum Gasteiger partial charge on any atom is -0.489 e. The lowest BCUT2D eigenvalue weighted by atomic mass is 10.2. The highest BCUT2D eigenvalue weighted by atomic mass is 35.5. The number of ether oxygens (including phenoxy) is 1. The largest absolute Gasteiger partial charge is 0.489 e. The fraction of sp³-hybridized carbons (Fsp3) is 0.105. The minimum absolute atomic E-state index is 0.259. The molecule has 3 rings (SSSR count). The van der Waals surface area contributed by atoms with Gasteiger partial charge in [-0.15, -0.1) is 0 Å². The highest BCUT2D eigenvalue weighted by Gasteiger charge is 2.22. The molecule has 0 radical (unpaired) electrons. The number of amidine groups is 1. The average Bonchev–Trinajstić information content (AvgIpc) is 2.94. The summed E-state index contributed by atoms with van der Waals surface area (Å²) >= 11 is 7.25. The third kappa shape index (κ3) is 4.74. The molecule has 1 heterocycles. The van der Waals surface area contributed by atoms with E-state index in [0.717, 1.165) is 22.9 Å². The third-order valence-corrected chi connectivity index (χ3v) is 4.70. The van der Waals surface area contributed by atoms with Gasteiger partial charge in [0.15, 0.2) is 5.17 Å². The first-order chi connectivity index (χ1) is 12.5. The maximum atomic E-state index is 11.9. The molecule has 0 aliphatic carbocycles. The SMILES string of the molecule is CC(=O)NC1=NC(=O)/C(=C\c2ccc(OCc3ccccc3Cl)cc2)S1. The maximum absolute atomic E-state index is 11.9. The van der Waals surface area contributed by atoms with E-state index in [1.807, 2.05) is 48.5 Å². The molecule has 1 N–H and O–H groups in total. The zero-order chi connectivity index (χ0) is 18.5. The molecule has 0 saturated carbocycles. The van der Waals surface area contributed by atoms with Crippen molar-refractivity contribution in [2.45, 2.75) is 13.5 Å². The van der Waals surface area contributed by atoms with Crippen LogP contribution in [0.4, 0.5) is 0 Å². The van der Waals surface area contributed by atoms with Gasteiger partial charge in [-0.2, -0.15) is 4.99 Å². The molecule has 2 amide bonds. The highest BCUT2D eigenvalue weighted by molar-refractivity contribution is 8.18. The van der Waals surface area contributed by atoms with Crippen LogP contribution >= 0.6 is 23.4 Å². The molecule has 2 aromatic rings. The van der Waals surface area contributed by atoms with Crippen LogP contribution < -0.4 is 10.1 Å². The van der Waals surface area contributed by atoms with Gasteiger partial charge in [0, 0.05) is 17.5 Å². The van der Waals surface area contributed by atoms with E-state index in [4.69, 9.17) is 16.3 Å². The van der Waals surface area contributed by atoms with Crippen molar-refractivity contribution < 1.29 is 14.3 Å². The summed E-state index contributed by atoms with van der Waals surface area (Å²) < 4.78 is 5.73. The van der Waals surface area contributed by atoms with Gasteiger partial charge in [-0.05, 0) is 41.6 Å². The number of hydrogen-bond acceptors (Lipinski definition) is 4. The Balaban J connectivity index is 1.62. The van der Waals surface area contributed by atoms with Crippen LogP contribution in [0.3, 0.4) is 0 Å². The predicted octanol–water partition coefficient (Wildman–Crippen LogP) is 4.03. The molecule has 2 aromatic carbocycles. The zero-order valence-corrected chi connectivity index (χ0v) is 15.4. The Labute approximate surface area is 160 Å². The normalized spacial score (nSPS) is 15.1. The van der Waals surface area contributed by atoms with Gasteiger partial charge in [-0.1, -0.05) is 41.9 Å². The molecule has 7 heteroatoms. The summed E-state index contributed by atoms with van der Waals surface area (Å²) in [6, 6.07) is 14.9. The molecule has 0 bridgehead atoms. The second kappa shape index (κ2) is 8.21. The molecule has 0 fully saturated rings. The molecule has 132 valence electrons. The third-order valence-electron chi connectivity index (χ3n) is 3.43. The standard InChI is InChI=1S/C19H15ClN2O3S/c1-12(23)21-19-22-18(24)17(26-19)10-13-6-8-15(9-7-13)25-11-14-4-2-3-5-16(14)20/h2-10H,11H2,1H3,(H,21,22,23,24)/b17-10+. The van der Waals surface area contributed by atoms with Crippen LogP contribution in [0.2, 0.25) is 5.02 Å². The second-order valence-corrected chi connectivity index (χ2v) is 6.90. The number of nitrogens with zero attached hydrogens (tertiary/aromatic N) is 1. The fourth-order valence-corrected chi connectivity index (χ4v) is 3.25. The number of aliphatic imine (C=N–C) groups is 1. The lowest BCUT2D eigenvalue weighted by molar-refractivity contribution is -0.117. The molecule has 5 nitrogen and oxygen atoms in total. The van der Waals surface area contributed by atoms with Crippen LogP contribution in [0.15, 0.2) is 58.4 Å². The van der Waals surface area contributed by atoms with E-state index >= 15 is 0 Å². The number of nitrogens with one attached hydrogen (secondary N) is 1. The van der Waals surface area contributed by atoms with Gasteiger partial charge in [0.25, 0.3) is 5.91 Å². The number of hydrogen-bond donors (Lipinski definition) is 1. The van der Waals surface area contributed by atoms with Crippen molar-refractivity contribution in [1.82, 2.24) is 5.32 Å². The molecular weight excluding hydrogens is 372 g/mol.